The summed E-state index contributed by atoms with van der Waals surface area (Å²) in [6.45, 7) is 10.1. The number of rotatable bonds is 6. The average molecular weight is 400 g/mol. The van der Waals surface area contributed by atoms with Gasteiger partial charge in [-0.15, -0.1) is 5.10 Å². The zero-order chi connectivity index (χ0) is 20.8. The zero-order valence-electron chi connectivity index (χ0n) is 18.2. The van der Waals surface area contributed by atoms with Gasteiger partial charge in [-0.2, -0.15) is 0 Å². The quantitative estimate of drug-likeness (QED) is 0.806. The highest BCUT2D eigenvalue weighted by Gasteiger charge is 2.38. The lowest BCUT2D eigenvalue weighted by molar-refractivity contribution is 0.0848. The van der Waals surface area contributed by atoms with Crippen LogP contribution in [0.4, 0.5) is 11.4 Å². The molecule has 2 aliphatic rings. The van der Waals surface area contributed by atoms with Crippen LogP contribution >= 0.6 is 0 Å². The predicted octanol–water partition coefficient (Wildman–Crippen LogP) is 2.64. The van der Waals surface area contributed by atoms with E-state index in [-0.39, 0.29) is 23.5 Å². The molecule has 1 aromatic heterocycles. The summed E-state index contributed by atoms with van der Waals surface area (Å²) in [6.07, 6.45) is 3.26. The Kier molecular flexibility index (Phi) is 5.07. The van der Waals surface area contributed by atoms with Crippen LogP contribution in [-0.2, 0) is 11.3 Å². The van der Waals surface area contributed by atoms with Gasteiger partial charge in [0.25, 0.3) is 0 Å². The van der Waals surface area contributed by atoms with E-state index in [1.807, 2.05) is 10.9 Å². The number of ether oxygens (including phenoxy) is 1. The maximum Gasteiger partial charge on any atom is 0.115 e. The van der Waals surface area contributed by atoms with Crippen LogP contribution in [0.1, 0.15) is 27.2 Å². The van der Waals surface area contributed by atoms with Crippen LogP contribution in [0.3, 0.4) is 0 Å². The van der Waals surface area contributed by atoms with Crippen molar-refractivity contribution < 1.29 is 9.84 Å². The summed E-state index contributed by atoms with van der Waals surface area (Å²) < 4.78 is 7.82. The van der Waals surface area contributed by atoms with Crippen molar-refractivity contribution in [3.63, 3.8) is 0 Å². The molecule has 158 valence electrons. The van der Waals surface area contributed by atoms with Crippen molar-refractivity contribution in [3.8, 4) is 11.3 Å². The molecule has 2 saturated heterocycles. The number of aromatic nitrogens is 3. The van der Waals surface area contributed by atoms with E-state index in [4.69, 9.17) is 4.74 Å². The van der Waals surface area contributed by atoms with Gasteiger partial charge in [0.15, 0.2) is 0 Å². The van der Waals surface area contributed by atoms with Gasteiger partial charge in [-0.25, -0.2) is 4.68 Å². The molecule has 1 aromatic carbocycles. The van der Waals surface area contributed by atoms with Crippen LogP contribution in [0.5, 0.6) is 0 Å². The minimum atomic E-state index is 0.0104. The van der Waals surface area contributed by atoms with E-state index in [9.17, 15) is 5.11 Å². The first kappa shape index (κ1) is 20.2. The van der Waals surface area contributed by atoms with E-state index >= 15 is 0 Å². The molecule has 3 heterocycles. The van der Waals surface area contributed by atoms with Crippen molar-refractivity contribution in [1.29, 1.82) is 0 Å². The monoisotopic (exact) mass is 399 g/mol. The fourth-order valence-corrected chi connectivity index (χ4v) is 4.38. The fraction of sp³-hybridized carbons (Fsp3) is 0.636. The van der Waals surface area contributed by atoms with Gasteiger partial charge >= 0.3 is 0 Å². The Bertz CT molecular complexity index is 870. The molecule has 0 spiro atoms. The molecule has 0 saturated carbocycles. The van der Waals surface area contributed by atoms with Crippen molar-refractivity contribution in [1.82, 2.24) is 15.0 Å². The second-order valence-electron chi connectivity index (χ2n) is 10.0. The predicted molar refractivity (Wildman–Crippen MR) is 115 cm³/mol. The number of hydrogen-bond acceptors (Lipinski definition) is 6. The summed E-state index contributed by atoms with van der Waals surface area (Å²) in [5.41, 5.74) is 4.49. The van der Waals surface area contributed by atoms with E-state index in [1.54, 1.807) is 0 Å². The third kappa shape index (κ3) is 4.12. The smallest absolute Gasteiger partial charge is 0.115 e. The Labute approximate surface area is 173 Å². The number of hydrogen-bond donors (Lipinski definition) is 1. The Hall–Kier alpha value is -2.12. The lowest BCUT2D eigenvalue weighted by Crippen LogP contribution is -2.56. The largest absolute Gasteiger partial charge is 0.396 e. The van der Waals surface area contributed by atoms with Crippen molar-refractivity contribution in [3.05, 3.63) is 24.4 Å². The van der Waals surface area contributed by atoms with Crippen LogP contribution in [0, 0.1) is 10.8 Å². The number of anilines is 2. The van der Waals surface area contributed by atoms with Crippen molar-refractivity contribution in [2.24, 2.45) is 10.8 Å². The number of benzene rings is 1. The minimum absolute atomic E-state index is 0.0104. The molecule has 0 amide bonds. The fourth-order valence-electron chi connectivity index (χ4n) is 4.38. The molecule has 0 bridgehead atoms. The van der Waals surface area contributed by atoms with Crippen LogP contribution in [0.15, 0.2) is 24.4 Å². The molecular formula is C22H33N5O2. The summed E-state index contributed by atoms with van der Waals surface area (Å²) in [6, 6.07) is 6.47. The molecule has 2 fully saturated rings. The van der Waals surface area contributed by atoms with E-state index in [2.05, 4.69) is 73.2 Å². The topological polar surface area (TPSA) is 66.7 Å². The normalized spacial score (nSPS) is 22.6. The molecule has 2 aliphatic heterocycles. The van der Waals surface area contributed by atoms with Gasteiger partial charge in [-0.1, -0.05) is 26.0 Å². The Morgan fingerprint density at radius 3 is 2.62 bits per heavy atom. The lowest BCUT2D eigenvalue weighted by atomic mass is 9.82. The average Bonchev–Trinajstić information content (AvgIpc) is 3.24. The van der Waals surface area contributed by atoms with E-state index in [0.29, 0.717) is 0 Å². The first-order valence-electron chi connectivity index (χ1n) is 10.4. The molecule has 29 heavy (non-hydrogen) atoms. The number of nitrogens with zero attached hydrogens (tertiary/aromatic N) is 5. The Morgan fingerprint density at radius 2 is 2.00 bits per heavy atom. The molecule has 1 atom stereocenters. The van der Waals surface area contributed by atoms with Gasteiger partial charge < -0.3 is 19.6 Å². The first-order chi connectivity index (χ1) is 13.7. The highest BCUT2D eigenvalue weighted by atomic mass is 16.5. The number of aliphatic hydroxyl groups is 1. The second kappa shape index (κ2) is 7.29. The minimum Gasteiger partial charge on any atom is -0.396 e. The van der Waals surface area contributed by atoms with Crippen molar-refractivity contribution in [2.75, 3.05) is 50.2 Å². The van der Waals surface area contributed by atoms with Gasteiger partial charge in [0.05, 0.1) is 32.1 Å². The molecule has 1 unspecified atom stereocenters. The van der Waals surface area contributed by atoms with Gasteiger partial charge in [0.2, 0.25) is 0 Å². The molecule has 0 aliphatic carbocycles. The standard InChI is InChI=1S/C22H33N5O2/c1-21(2)9-17(29-15-21)10-27-11-19(23-24-27)18-7-6-16(8-20(18)25(4)5)26-12-22(3,13-26)14-28/h6-8,11,17,28H,9-10,12-15H2,1-5H3. The molecule has 2 aromatic rings. The van der Waals surface area contributed by atoms with Gasteiger partial charge in [-0.3, -0.25) is 0 Å². The van der Waals surface area contributed by atoms with Crippen molar-refractivity contribution in [2.45, 2.75) is 39.8 Å². The Balaban J connectivity index is 1.52. The summed E-state index contributed by atoms with van der Waals surface area (Å²) in [4.78, 5) is 4.43. The Morgan fingerprint density at radius 1 is 1.24 bits per heavy atom. The SMILES string of the molecule is CN(C)c1cc(N2CC(C)(CO)C2)ccc1-c1cn(CC2CC(C)(C)CO2)nn1. The molecule has 7 heteroatoms. The molecule has 4 rings (SSSR count). The summed E-state index contributed by atoms with van der Waals surface area (Å²) in [7, 11) is 4.10. The molecular weight excluding hydrogens is 366 g/mol. The van der Waals surface area contributed by atoms with Gasteiger partial charge in [0, 0.05) is 49.5 Å². The maximum absolute atomic E-state index is 9.52. The van der Waals surface area contributed by atoms with Crippen LogP contribution in [-0.4, -0.2) is 66.6 Å². The third-order valence-electron chi connectivity index (χ3n) is 6.05. The second-order valence-corrected chi connectivity index (χ2v) is 10.0. The van der Waals surface area contributed by atoms with E-state index in [1.165, 1.54) is 5.69 Å². The highest BCUT2D eigenvalue weighted by Crippen LogP contribution is 2.38. The molecule has 0 radical (unpaired) electrons. The van der Waals surface area contributed by atoms with E-state index < -0.39 is 0 Å². The first-order valence-corrected chi connectivity index (χ1v) is 10.4. The van der Waals surface area contributed by atoms with Gasteiger partial charge in [0.1, 0.15) is 5.69 Å². The highest BCUT2D eigenvalue weighted by molar-refractivity contribution is 5.79. The van der Waals surface area contributed by atoms with Crippen LogP contribution in [0.2, 0.25) is 0 Å². The van der Waals surface area contributed by atoms with E-state index in [0.717, 1.165) is 49.6 Å². The summed E-state index contributed by atoms with van der Waals surface area (Å²) in [5.74, 6) is 0. The van der Waals surface area contributed by atoms with Crippen LogP contribution < -0.4 is 9.80 Å². The van der Waals surface area contributed by atoms with Crippen LogP contribution in [0.25, 0.3) is 11.3 Å². The summed E-state index contributed by atoms with van der Waals surface area (Å²) >= 11 is 0. The summed E-state index contributed by atoms with van der Waals surface area (Å²) in [5, 5.41) is 18.3. The molecule has 1 N–H and O–H groups in total. The number of aliphatic hydroxyl groups excluding tert-OH is 1. The maximum atomic E-state index is 9.52. The van der Waals surface area contributed by atoms with Gasteiger partial charge in [-0.05, 0) is 30.0 Å². The third-order valence-corrected chi connectivity index (χ3v) is 6.05. The molecule has 7 nitrogen and oxygen atoms in total. The zero-order valence-corrected chi connectivity index (χ0v) is 18.2. The van der Waals surface area contributed by atoms with Crippen molar-refractivity contribution >= 4 is 11.4 Å². The lowest BCUT2D eigenvalue weighted by Gasteiger charge is -2.48.